The molecule has 3 aromatic carbocycles. The summed E-state index contributed by atoms with van der Waals surface area (Å²) in [5, 5.41) is 2.17. The summed E-state index contributed by atoms with van der Waals surface area (Å²) in [5.74, 6) is 0.434. The van der Waals surface area contributed by atoms with E-state index in [1.807, 2.05) is 43.3 Å². The molecule has 0 fully saturated rings. The first-order valence-electron chi connectivity index (χ1n) is 9.45. The van der Waals surface area contributed by atoms with Gasteiger partial charge in [-0.1, -0.05) is 47.5 Å². The Labute approximate surface area is 183 Å². The fourth-order valence-corrected chi connectivity index (χ4v) is 3.94. The maximum Gasteiger partial charge on any atom is 0.196 e. The van der Waals surface area contributed by atoms with Gasteiger partial charge in [0.15, 0.2) is 11.9 Å². The van der Waals surface area contributed by atoms with Gasteiger partial charge in [-0.3, -0.25) is 4.79 Å². The highest BCUT2D eigenvalue weighted by Gasteiger charge is 2.34. The molecule has 5 heteroatoms. The van der Waals surface area contributed by atoms with Gasteiger partial charge in [-0.05, 0) is 60.0 Å². The third kappa shape index (κ3) is 3.30. The number of fused-ring (bicyclic) bond motifs is 2. The van der Waals surface area contributed by atoms with E-state index in [1.165, 1.54) is 0 Å². The molecule has 0 spiro atoms. The zero-order valence-electron chi connectivity index (χ0n) is 16.0. The maximum absolute atomic E-state index is 13.6. The van der Waals surface area contributed by atoms with E-state index in [9.17, 15) is 4.79 Å². The molecule has 4 aromatic rings. The molecule has 0 aliphatic carbocycles. The van der Waals surface area contributed by atoms with E-state index < -0.39 is 6.10 Å². The van der Waals surface area contributed by atoms with Crippen molar-refractivity contribution >= 4 is 46.0 Å². The van der Waals surface area contributed by atoms with E-state index in [2.05, 4.69) is 0 Å². The summed E-state index contributed by atoms with van der Waals surface area (Å²) in [7, 11) is 0. The van der Waals surface area contributed by atoms with Gasteiger partial charge < -0.3 is 9.15 Å². The van der Waals surface area contributed by atoms with Gasteiger partial charge in [0.25, 0.3) is 0 Å². The van der Waals surface area contributed by atoms with Crippen molar-refractivity contribution in [1.29, 1.82) is 0 Å². The minimum atomic E-state index is -0.563. The van der Waals surface area contributed by atoms with Gasteiger partial charge in [0, 0.05) is 27.1 Å². The van der Waals surface area contributed by atoms with E-state index in [0.29, 0.717) is 32.5 Å². The molecule has 1 unspecified atom stereocenters. The number of hydrogen-bond donors (Lipinski definition) is 0. The van der Waals surface area contributed by atoms with Crippen LogP contribution in [0.3, 0.4) is 0 Å². The third-order valence-corrected chi connectivity index (χ3v) is 5.77. The molecule has 148 valence electrons. The Bertz CT molecular complexity index is 1300. The normalized spacial score (nSPS) is 17.2. The number of carbonyl (C=O) groups excluding carboxylic acids is 1. The van der Waals surface area contributed by atoms with Crippen LogP contribution >= 0.6 is 23.2 Å². The Morgan fingerprint density at radius 3 is 2.30 bits per heavy atom. The van der Waals surface area contributed by atoms with Gasteiger partial charge >= 0.3 is 0 Å². The number of rotatable bonds is 2. The summed E-state index contributed by atoms with van der Waals surface area (Å²) in [6.45, 7) is 1.95. The third-order valence-electron chi connectivity index (χ3n) is 5.27. The zero-order chi connectivity index (χ0) is 20.8. The van der Waals surface area contributed by atoms with Crippen molar-refractivity contribution in [2.75, 3.05) is 0 Å². The molecule has 30 heavy (non-hydrogen) atoms. The van der Waals surface area contributed by atoms with Crippen LogP contribution in [0.5, 0.6) is 5.75 Å². The molecule has 5 rings (SSSR count). The summed E-state index contributed by atoms with van der Waals surface area (Å²) in [6.07, 6.45) is 2.97. The zero-order valence-corrected chi connectivity index (χ0v) is 17.5. The second kappa shape index (κ2) is 7.35. The number of aryl methyl sites for hydroxylation is 1. The summed E-state index contributed by atoms with van der Waals surface area (Å²) in [4.78, 5) is 13.6. The summed E-state index contributed by atoms with van der Waals surface area (Å²) in [5.41, 5.74) is 4.46. The Morgan fingerprint density at radius 2 is 1.60 bits per heavy atom. The molecular weight excluding hydrogens is 419 g/mol. The van der Waals surface area contributed by atoms with Crippen molar-refractivity contribution in [2.45, 2.75) is 13.0 Å². The second-order valence-corrected chi connectivity index (χ2v) is 8.17. The monoisotopic (exact) mass is 434 g/mol. The Morgan fingerprint density at radius 1 is 0.933 bits per heavy atom. The van der Waals surface area contributed by atoms with Crippen molar-refractivity contribution in [3.8, 4) is 5.75 Å². The number of ether oxygens (including phenoxy) is 1. The number of ketones is 1. The minimum absolute atomic E-state index is 0.0753. The molecule has 0 saturated carbocycles. The summed E-state index contributed by atoms with van der Waals surface area (Å²) >= 11 is 12.1. The topological polar surface area (TPSA) is 39.4 Å². The molecule has 0 amide bonds. The fraction of sp³-hybridized carbons (Fsp3) is 0.0800. The number of benzene rings is 3. The first kappa shape index (κ1) is 19.0. The minimum Gasteiger partial charge on any atom is -0.480 e. The van der Waals surface area contributed by atoms with Gasteiger partial charge in [-0.2, -0.15) is 0 Å². The molecule has 1 aliphatic heterocycles. The lowest BCUT2D eigenvalue weighted by molar-refractivity contribution is 0.0964. The van der Waals surface area contributed by atoms with Crippen molar-refractivity contribution in [3.63, 3.8) is 0 Å². The van der Waals surface area contributed by atoms with Crippen molar-refractivity contribution in [3.05, 3.63) is 105 Å². The first-order valence-corrected chi connectivity index (χ1v) is 10.2. The molecule has 3 nitrogen and oxygen atoms in total. The van der Waals surface area contributed by atoms with E-state index >= 15 is 0 Å². The van der Waals surface area contributed by atoms with Gasteiger partial charge in [-0.25, -0.2) is 0 Å². The molecule has 0 radical (unpaired) electrons. The highest BCUT2D eigenvalue weighted by molar-refractivity contribution is 6.30. The average molecular weight is 435 g/mol. The number of halogens is 2. The maximum atomic E-state index is 13.6. The summed E-state index contributed by atoms with van der Waals surface area (Å²) in [6, 6.07) is 18.3. The molecular formula is C25H16Cl2O3. The SMILES string of the molecule is Cc1coc2cc3c(cc12)C(=O)/C(=C/c1ccc(Cl)cc1)C(c1ccc(Cl)cc1)O3. The predicted octanol–water partition coefficient (Wildman–Crippen LogP) is 7.45. The Balaban J connectivity index is 1.69. The van der Waals surface area contributed by atoms with E-state index in [4.69, 9.17) is 32.4 Å². The van der Waals surface area contributed by atoms with Crippen molar-refractivity contribution in [1.82, 2.24) is 0 Å². The highest BCUT2D eigenvalue weighted by Crippen LogP contribution is 2.42. The van der Waals surface area contributed by atoms with E-state index in [1.54, 1.807) is 36.6 Å². The Hall–Kier alpha value is -3.01. The fourth-order valence-electron chi connectivity index (χ4n) is 3.69. The molecule has 1 aliphatic rings. The van der Waals surface area contributed by atoms with Crippen molar-refractivity contribution in [2.24, 2.45) is 0 Å². The molecule has 2 heterocycles. The van der Waals surface area contributed by atoms with Crippen LogP contribution in [0.1, 0.15) is 33.2 Å². The van der Waals surface area contributed by atoms with Gasteiger partial charge in [0.05, 0.1) is 11.8 Å². The van der Waals surface area contributed by atoms with Gasteiger partial charge in [0.1, 0.15) is 11.3 Å². The van der Waals surface area contributed by atoms with Gasteiger partial charge in [0.2, 0.25) is 0 Å². The van der Waals surface area contributed by atoms with Crippen LogP contribution in [0.15, 0.2) is 76.9 Å². The molecule has 0 bridgehead atoms. The average Bonchev–Trinajstić information content (AvgIpc) is 3.11. The van der Waals surface area contributed by atoms with E-state index in [-0.39, 0.29) is 5.78 Å². The van der Waals surface area contributed by atoms with E-state index in [0.717, 1.165) is 22.1 Å². The van der Waals surface area contributed by atoms with Crippen LogP contribution in [0, 0.1) is 6.92 Å². The highest BCUT2D eigenvalue weighted by atomic mass is 35.5. The molecule has 0 N–H and O–H groups in total. The van der Waals surface area contributed by atoms with Crippen LogP contribution in [0.4, 0.5) is 0 Å². The molecule has 1 atom stereocenters. The number of furan rings is 1. The number of hydrogen-bond acceptors (Lipinski definition) is 3. The van der Waals surface area contributed by atoms with Gasteiger partial charge in [-0.15, -0.1) is 0 Å². The van der Waals surface area contributed by atoms with Crippen LogP contribution in [-0.2, 0) is 0 Å². The lowest BCUT2D eigenvalue weighted by atomic mass is 9.89. The standard InChI is InChI=1S/C25H16Cl2O3/c1-14-13-29-22-12-23-20(11-19(14)22)24(28)21(10-15-2-6-17(26)7-3-15)25(30-23)16-4-8-18(27)9-5-16/h2-13,25H,1H3/b21-10-. The molecule has 0 saturated heterocycles. The van der Waals surface area contributed by atoms with Crippen LogP contribution in [-0.4, -0.2) is 5.78 Å². The Kier molecular flexibility index (Phi) is 4.65. The predicted molar refractivity (Wildman–Crippen MR) is 120 cm³/mol. The largest absolute Gasteiger partial charge is 0.480 e. The lowest BCUT2D eigenvalue weighted by Crippen LogP contribution is -2.23. The number of carbonyl (C=O) groups is 1. The van der Waals surface area contributed by atoms with Crippen LogP contribution in [0.2, 0.25) is 10.0 Å². The van der Waals surface area contributed by atoms with Crippen LogP contribution in [0.25, 0.3) is 17.0 Å². The lowest BCUT2D eigenvalue weighted by Gasteiger charge is -2.28. The molecule has 1 aromatic heterocycles. The quantitative estimate of drug-likeness (QED) is 0.307. The first-order chi connectivity index (χ1) is 14.5. The van der Waals surface area contributed by atoms with Crippen molar-refractivity contribution < 1.29 is 13.9 Å². The summed E-state index contributed by atoms with van der Waals surface area (Å²) < 4.78 is 11.9. The number of Topliss-reactive ketones (excluding diaryl/α,β-unsaturated/α-hetero) is 1. The van der Waals surface area contributed by atoms with Crippen LogP contribution < -0.4 is 4.74 Å². The smallest absolute Gasteiger partial charge is 0.196 e. The second-order valence-electron chi connectivity index (χ2n) is 7.29.